The number of nitrogens with zero attached hydrogens (tertiary/aromatic N) is 3. The molecule has 2 aromatic carbocycles. The molecular weight excluding hydrogens is 354 g/mol. The fourth-order valence-corrected chi connectivity index (χ4v) is 3.99. The molecule has 1 saturated heterocycles. The van der Waals surface area contributed by atoms with Gasteiger partial charge in [-0.05, 0) is 48.7 Å². The molecule has 1 aliphatic rings. The minimum absolute atomic E-state index is 0.381. The Bertz CT molecular complexity index is 959. The molecule has 4 rings (SSSR count). The molecule has 1 aliphatic heterocycles. The number of ether oxygens (including phenoxy) is 3. The lowest BCUT2D eigenvalue weighted by Gasteiger charge is -2.35. The van der Waals surface area contributed by atoms with Crippen LogP contribution in [0, 0.1) is 0 Å². The summed E-state index contributed by atoms with van der Waals surface area (Å²) in [5.41, 5.74) is 3.26. The lowest BCUT2D eigenvalue weighted by atomic mass is 9.89. The predicted octanol–water partition coefficient (Wildman–Crippen LogP) is 4.04. The summed E-state index contributed by atoms with van der Waals surface area (Å²) in [7, 11) is 4.98. The number of piperidine rings is 1. The van der Waals surface area contributed by atoms with Gasteiger partial charge in [0.2, 0.25) is 0 Å². The first kappa shape index (κ1) is 18.3. The lowest BCUT2D eigenvalue weighted by molar-refractivity contribution is 0.355. The number of hydrogen-bond donors (Lipinski definition) is 0. The fraction of sp³-hybridized carbons (Fsp3) is 0.364. The summed E-state index contributed by atoms with van der Waals surface area (Å²) >= 11 is 0. The van der Waals surface area contributed by atoms with Crippen LogP contribution in [0.1, 0.15) is 24.3 Å². The van der Waals surface area contributed by atoms with E-state index in [1.807, 2.05) is 30.5 Å². The molecule has 0 spiro atoms. The number of hydrogen-bond acceptors (Lipinski definition) is 6. The van der Waals surface area contributed by atoms with Crippen molar-refractivity contribution in [1.29, 1.82) is 0 Å². The van der Waals surface area contributed by atoms with Crippen LogP contribution in [0.3, 0.4) is 0 Å². The molecule has 146 valence electrons. The standard InChI is InChI=1S/C22H25N3O3/c1-26-17-8-6-16(7-9-17)25-10-4-5-15(14-25)19-13-23-24-20-12-22(28-3)21(27-2)11-18(19)20/h6-9,11-13,15H,4-5,10,14H2,1-3H3. The average Bonchev–Trinajstić information content (AvgIpc) is 2.77. The topological polar surface area (TPSA) is 56.7 Å². The van der Waals surface area contributed by atoms with Crippen LogP contribution in [0.25, 0.3) is 10.9 Å². The molecule has 0 radical (unpaired) electrons. The summed E-state index contributed by atoms with van der Waals surface area (Å²) in [4.78, 5) is 2.43. The van der Waals surface area contributed by atoms with Gasteiger partial charge in [0.1, 0.15) is 5.75 Å². The van der Waals surface area contributed by atoms with Gasteiger partial charge in [0.05, 0.1) is 33.0 Å². The number of anilines is 1. The van der Waals surface area contributed by atoms with E-state index in [1.165, 1.54) is 11.3 Å². The van der Waals surface area contributed by atoms with Crippen LogP contribution in [-0.2, 0) is 0 Å². The Kier molecular flexibility index (Phi) is 5.19. The van der Waals surface area contributed by atoms with Crippen LogP contribution < -0.4 is 19.1 Å². The molecule has 1 atom stereocenters. The van der Waals surface area contributed by atoms with E-state index in [0.717, 1.165) is 42.6 Å². The van der Waals surface area contributed by atoms with Gasteiger partial charge in [0.15, 0.2) is 11.5 Å². The zero-order valence-electron chi connectivity index (χ0n) is 16.5. The number of rotatable bonds is 5. The van der Waals surface area contributed by atoms with Gasteiger partial charge in [-0.2, -0.15) is 10.2 Å². The van der Waals surface area contributed by atoms with Gasteiger partial charge in [0.25, 0.3) is 0 Å². The highest BCUT2D eigenvalue weighted by atomic mass is 16.5. The quantitative estimate of drug-likeness (QED) is 0.667. The molecule has 2 heterocycles. The van der Waals surface area contributed by atoms with Gasteiger partial charge in [-0.15, -0.1) is 0 Å². The monoisotopic (exact) mass is 379 g/mol. The molecule has 0 N–H and O–H groups in total. The molecular formula is C22H25N3O3. The summed E-state index contributed by atoms with van der Waals surface area (Å²) in [6.07, 6.45) is 4.16. The zero-order valence-corrected chi connectivity index (χ0v) is 16.5. The molecule has 0 bridgehead atoms. The van der Waals surface area contributed by atoms with E-state index in [2.05, 4.69) is 27.2 Å². The third-order valence-electron chi connectivity index (χ3n) is 5.47. The second-order valence-corrected chi connectivity index (χ2v) is 7.01. The minimum atomic E-state index is 0.381. The van der Waals surface area contributed by atoms with Crippen molar-refractivity contribution >= 4 is 16.6 Å². The maximum atomic E-state index is 5.50. The Morgan fingerprint density at radius 1 is 0.964 bits per heavy atom. The second-order valence-electron chi connectivity index (χ2n) is 7.01. The van der Waals surface area contributed by atoms with Gasteiger partial charge < -0.3 is 19.1 Å². The Morgan fingerprint density at radius 3 is 2.43 bits per heavy atom. The van der Waals surface area contributed by atoms with Crippen molar-refractivity contribution < 1.29 is 14.2 Å². The predicted molar refractivity (Wildman–Crippen MR) is 110 cm³/mol. The average molecular weight is 379 g/mol. The summed E-state index contributed by atoms with van der Waals surface area (Å²) in [5.74, 6) is 2.65. The van der Waals surface area contributed by atoms with E-state index >= 15 is 0 Å². The fourth-order valence-electron chi connectivity index (χ4n) is 3.99. The third-order valence-corrected chi connectivity index (χ3v) is 5.47. The second kappa shape index (κ2) is 7.92. The Balaban J connectivity index is 1.66. The van der Waals surface area contributed by atoms with Crippen molar-refractivity contribution in [1.82, 2.24) is 10.2 Å². The highest BCUT2D eigenvalue weighted by Crippen LogP contribution is 2.37. The lowest BCUT2D eigenvalue weighted by Crippen LogP contribution is -2.34. The largest absolute Gasteiger partial charge is 0.497 e. The van der Waals surface area contributed by atoms with Crippen LogP contribution in [0.5, 0.6) is 17.2 Å². The number of benzene rings is 2. The van der Waals surface area contributed by atoms with Crippen LogP contribution >= 0.6 is 0 Å². The highest BCUT2D eigenvalue weighted by molar-refractivity contribution is 5.85. The van der Waals surface area contributed by atoms with Crippen molar-refractivity contribution in [3.63, 3.8) is 0 Å². The molecule has 6 heteroatoms. The number of aromatic nitrogens is 2. The van der Waals surface area contributed by atoms with Crippen LogP contribution in [0.2, 0.25) is 0 Å². The summed E-state index contributed by atoms with van der Waals surface area (Å²) < 4.78 is 16.2. The molecule has 6 nitrogen and oxygen atoms in total. The van der Waals surface area contributed by atoms with E-state index in [-0.39, 0.29) is 0 Å². The Labute approximate surface area is 165 Å². The van der Waals surface area contributed by atoms with Crippen molar-refractivity contribution in [2.75, 3.05) is 39.3 Å². The molecule has 0 saturated carbocycles. The van der Waals surface area contributed by atoms with Gasteiger partial charge >= 0.3 is 0 Å². The van der Waals surface area contributed by atoms with E-state index in [1.54, 1.807) is 21.3 Å². The van der Waals surface area contributed by atoms with E-state index in [4.69, 9.17) is 14.2 Å². The van der Waals surface area contributed by atoms with Crippen LogP contribution in [0.15, 0.2) is 42.6 Å². The molecule has 1 aromatic heterocycles. The highest BCUT2D eigenvalue weighted by Gasteiger charge is 2.24. The van der Waals surface area contributed by atoms with Crippen molar-refractivity contribution in [3.05, 3.63) is 48.2 Å². The normalized spacial score (nSPS) is 16.8. The molecule has 1 unspecified atom stereocenters. The van der Waals surface area contributed by atoms with E-state index in [9.17, 15) is 0 Å². The molecule has 28 heavy (non-hydrogen) atoms. The summed E-state index contributed by atoms with van der Waals surface area (Å²) in [5, 5.41) is 9.64. The first-order valence-electron chi connectivity index (χ1n) is 9.49. The smallest absolute Gasteiger partial charge is 0.162 e. The molecule has 0 aliphatic carbocycles. The maximum Gasteiger partial charge on any atom is 0.162 e. The molecule has 0 amide bonds. The van der Waals surface area contributed by atoms with Crippen molar-refractivity contribution in [3.8, 4) is 17.2 Å². The maximum absolute atomic E-state index is 5.50. The molecule has 3 aromatic rings. The van der Waals surface area contributed by atoms with E-state index < -0.39 is 0 Å². The van der Waals surface area contributed by atoms with Gasteiger partial charge in [-0.3, -0.25) is 0 Å². The minimum Gasteiger partial charge on any atom is -0.497 e. The Morgan fingerprint density at radius 2 is 1.71 bits per heavy atom. The van der Waals surface area contributed by atoms with Gasteiger partial charge in [-0.1, -0.05) is 0 Å². The van der Waals surface area contributed by atoms with Crippen molar-refractivity contribution in [2.24, 2.45) is 0 Å². The van der Waals surface area contributed by atoms with Crippen LogP contribution in [-0.4, -0.2) is 44.6 Å². The number of fused-ring (bicyclic) bond motifs is 1. The SMILES string of the molecule is COc1ccc(N2CCCC(c3cnnc4cc(OC)c(OC)cc34)C2)cc1. The molecule has 1 fully saturated rings. The van der Waals surface area contributed by atoms with E-state index in [0.29, 0.717) is 17.4 Å². The summed E-state index contributed by atoms with van der Waals surface area (Å²) in [6, 6.07) is 12.2. The first-order chi connectivity index (χ1) is 13.7. The Hall–Kier alpha value is -3.02. The van der Waals surface area contributed by atoms with Crippen LogP contribution in [0.4, 0.5) is 5.69 Å². The summed E-state index contributed by atoms with van der Waals surface area (Å²) in [6.45, 7) is 2.00. The third kappa shape index (κ3) is 3.42. The zero-order chi connectivity index (χ0) is 19.5. The van der Waals surface area contributed by atoms with Crippen molar-refractivity contribution in [2.45, 2.75) is 18.8 Å². The van der Waals surface area contributed by atoms with Gasteiger partial charge in [0, 0.05) is 36.1 Å². The van der Waals surface area contributed by atoms with Gasteiger partial charge in [-0.25, -0.2) is 0 Å². The number of methoxy groups -OCH3 is 3. The first-order valence-corrected chi connectivity index (χ1v) is 9.49.